The summed E-state index contributed by atoms with van der Waals surface area (Å²) < 4.78 is 0. The van der Waals surface area contributed by atoms with Crippen LogP contribution in [-0.4, -0.2) is 6.54 Å². The molecule has 1 aliphatic carbocycles. The fourth-order valence-electron chi connectivity index (χ4n) is 3.48. The lowest BCUT2D eigenvalue weighted by atomic mass is 9.84. The molecule has 118 valence electrons. The normalized spacial score (nSPS) is 16.0. The molecule has 1 nitrogen and oxygen atoms in total. The molecule has 0 heterocycles. The highest BCUT2D eigenvalue weighted by Gasteiger charge is 2.15. The molecule has 1 fully saturated rings. The molecule has 1 heteroatoms. The van der Waals surface area contributed by atoms with E-state index >= 15 is 0 Å². The summed E-state index contributed by atoms with van der Waals surface area (Å²) in [5.74, 6) is 0.814. The zero-order valence-corrected chi connectivity index (χ0v) is 13.9. The van der Waals surface area contributed by atoms with E-state index in [1.54, 1.807) is 5.56 Å². The standard InChI is InChI=1S/C20H33N/c1-2-3-4-5-6-10-16-21-20-15-11-14-19(17-20)18-12-8-7-9-13-18/h11,14-15,17-18,21H,2-10,12-13,16H2,1H3. The second kappa shape index (κ2) is 9.87. The van der Waals surface area contributed by atoms with Gasteiger partial charge in [0.15, 0.2) is 0 Å². The maximum atomic E-state index is 3.62. The van der Waals surface area contributed by atoms with Gasteiger partial charge in [-0.05, 0) is 42.9 Å². The lowest BCUT2D eigenvalue weighted by molar-refractivity contribution is 0.443. The second-order valence-electron chi connectivity index (χ2n) is 6.65. The number of anilines is 1. The van der Waals surface area contributed by atoms with Crippen molar-refractivity contribution >= 4 is 5.69 Å². The third-order valence-corrected chi connectivity index (χ3v) is 4.82. The van der Waals surface area contributed by atoms with Crippen LogP contribution in [0.15, 0.2) is 24.3 Å². The van der Waals surface area contributed by atoms with Gasteiger partial charge in [-0.2, -0.15) is 0 Å². The topological polar surface area (TPSA) is 12.0 Å². The third kappa shape index (κ3) is 6.11. The van der Waals surface area contributed by atoms with Gasteiger partial charge in [0.2, 0.25) is 0 Å². The van der Waals surface area contributed by atoms with Crippen LogP contribution in [0.3, 0.4) is 0 Å². The monoisotopic (exact) mass is 287 g/mol. The number of unbranched alkanes of at least 4 members (excludes halogenated alkanes) is 5. The zero-order valence-electron chi connectivity index (χ0n) is 13.9. The minimum absolute atomic E-state index is 0.814. The van der Waals surface area contributed by atoms with Gasteiger partial charge in [0.25, 0.3) is 0 Å². The van der Waals surface area contributed by atoms with Crippen LogP contribution in [0.5, 0.6) is 0 Å². The summed E-state index contributed by atoms with van der Waals surface area (Å²) in [5.41, 5.74) is 2.88. The van der Waals surface area contributed by atoms with Gasteiger partial charge in [-0.1, -0.05) is 70.4 Å². The first-order chi connectivity index (χ1) is 10.4. The number of hydrogen-bond acceptors (Lipinski definition) is 1. The number of nitrogens with one attached hydrogen (secondary N) is 1. The van der Waals surface area contributed by atoms with E-state index in [0.717, 1.165) is 12.5 Å². The van der Waals surface area contributed by atoms with E-state index in [9.17, 15) is 0 Å². The molecule has 1 N–H and O–H groups in total. The van der Waals surface area contributed by atoms with E-state index < -0.39 is 0 Å². The molecule has 0 aliphatic heterocycles. The molecular weight excluding hydrogens is 254 g/mol. The summed E-state index contributed by atoms with van der Waals surface area (Å²) in [6.07, 6.45) is 15.3. The summed E-state index contributed by atoms with van der Waals surface area (Å²) in [6, 6.07) is 9.18. The highest BCUT2D eigenvalue weighted by atomic mass is 14.9. The van der Waals surface area contributed by atoms with E-state index in [0.29, 0.717) is 0 Å². The first-order valence-corrected chi connectivity index (χ1v) is 9.24. The maximum Gasteiger partial charge on any atom is 0.0343 e. The van der Waals surface area contributed by atoms with Gasteiger partial charge in [0.05, 0.1) is 0 Å². The van der Waals surface area contributed by atoms with Gasteiger partial charge in [0, 0.05) is 12.2 Å². The largest absolute Gasteiger partial charge is 0.385 e. The van der Waals surface area contributed by atoms with Gasteiger partial charge in [-0.3, -0.25) is 0 Å². The van der Waals surface area contributed by atoms with Crippen molar-refractivity contribution in [2.75, 3.05) is 11.9 Å². The van der Waals surface area contributed by atoms with Crippen LogP contribution >= 0.6 is 0 Å². The van der Waals surface area contributed by atoms with Gasteiger partial charge in [-0.25, -0.2) is 0 Å². The van der Waals surface area contributed by atoms with Crippen molar-refractivity contribution in [2.24, 2.45) is 0 Å². The fraction of sp³-hybridized carbons (Fsp3) is 0.700. The minimum atomic E-state index is 0.814. The minimum Gasteiger partial charge on any atom is -0.385 e. The van der Waals surface area contributed by atoms with Gasteiger partial charge in [0.1, 0.15) is 0 Å². The molecule has 21 heavy (non-hydrogen) atoms. The van der Waals surface area contributed by atoms with Gasteiger partial charge in [-0.15, -0.1) is 0 Å². The van der Waals surface area contributed by atoms with Crippen LogP contribution in [0.2, 0.25) is 0 Å². The van der Waals surface area contributed by atoms with E-state index in [2.05, 4.69) is 36.5 Å². The molecule has 1 saturated carbocycles. The Bertz CT molecular complexity index is 379. The Kier molecular flexibility index (Phi) is 7.70. The maximum absolute atomic E-state index is 3.62. The molecule has 1 aliphatic rings. The summed E-state index contributed by atoms with van der Waals surface area (Å²) >= 11 is 0. The Labute approximate surface area is 131 Å². The second-order valence-corrected chi connectivity index (χ2v) is 6.65. The predicted molar refractivity (Wildman–Crippen MR) is 94.1 cm³/mol. The Morgan fingerprint density at radius 3 is 2.52 bits per heavy atom. The molecule has 2 rings (SSSR count). The van der Waals surface area contributed by atoms with Crippen molar-refractivity contribution in [3.8, 4) is 0 Å². The lowest BCUT2D eigenvalue weighted by Crippen LogP contribution is -2.06. The van der Waals surface area contributed by atoms with E-state index in [1.807, 2.05) is 0 Å². The summed E-state index contributed by atoms with van der Waals surface area (Å²) in [5, 5.41) is 3.62. The molecule has 1 aromatic rings. The van der Waals surface area contributed by atoms with Crippen molar-refractivity contribution in [3.63, 3.8) is 0 Å². The zero-order chi connectivity index (χ0) is 14.8. The van der Waals surface area contributed by atoms with Crippen LogP contribution in [-0.2, 0) is 0 Å². The predicted octanol–water partition coefficient (Wildman–Crippen LogP) is 6.51. The van der Waals surface area contributed by atoms with Crippen molar-refractivity contribution in [3.05, 3.63) is 29.8 Å². The Morgan fingerprint density at radius 1 is 0.952 bits per heavy atom. The summed E-state index contributed by atoms with van der Waals surface area (Å²) in [6.45, 7) is 3.40. The molecule has 0 atom stereocenters. The average molecular weight is 287 g/mol. The SMILES string of the molecule is CCCCCCCCNc1cccc(C2CCCCC2)c1. The lowest BCUT2D eigenvalue weighted by Gasteiger charge is -2.22. The number of rotatable bonds is 9. The Balaban J connectivity index is 1.68. The quantitative estimate of drug-likeness (QED) is 0.511. The first kappa shape index (κ1) is 16.4. The van der Waals surface area contributed by atoms with Crippen molar-refractivity contribution in [2.45, 2.75) is 83.5 Å². The molecule has 0 amide bonds. The van der Waals surface area contributed by atoms with Crippen molar-refractivity contribution < 1.29 is 0 Å². The highest BCUT2D eigenvalue weighted by molar-refractivity contribution is 5.46. The third-order valence-electron chi connectivity index (χ3n) is 4.82. The van der Waals surface area contributed by atoms with Crippen molar-refractivity contribution in [1.82, 2.24) is 0 Å². The summed E-state index contributed by atoms with van der Waals surface area (Å²) in [7, 11) is 0. The Hall–Kier alpha value is -0.980. The fourth-order valence-corrected chi connectivity index (χ4v) is 3.48. The van der Waals surface area contributed by atoms with E-state index in [4.69, 9.17) is 0 Å². The van der Waals surface area contributed by atoms with Crippen LogP contribution in [0.25, 0.3) is 0 Å². The molecule has 0 aromatic heterocycles. The molecule has 1 aromatic carbocycles. The summed E-state index contributed by atoms with van der Waals surface area (Å²) in [4.78, 5) is 0. The molecular formula is C20H33N. The van der Waals surface area contributed by atoms with Crippen LogP contribution in [0.4, 0.5) is 5.69 Å². The van der Waals surface area contributed by atoms with Crippen LogP contribution in [0, 0.1) is 0 Å². The molecule has 0 saturated heterocycles. The molecule has 0 spiro atoms. The van der Waals surface area contributed by atoms with Gasteiger partial charge >= 0.3 is 0 Å². The smallest absolute Gasteiger partial charge is 0.0343 e. The van der Waals surface area contributed by atoms with Gasteiger partial charge < -0.3 is 5.32 Å². The number of hydrogen-bond donors (Lipinski definition) is 1. The van der Waals surface area contributed by atoms with Crippen LogP contribution < -0.4 is 5.32 Å². The first-order valence-electron chi connectivity index (χ1n) is 9.24. The van der Waals surface area contributed by atoms with E-state index in [1.165, 1.54) is 76.3 Å². The average Bonchev–Trinajstić information content (AvgIpc) is 2.55. The van der Waals surface area contributed by atoms with E-state index in [-0.39, 0.29) is 0 Å². The van der Waals surface area contributed by atoms with Crippen LogP contribution in [0.1, 0.15) is 89.0 Å². The Morgan fingerprint density at radius 2 is 1.71 bits per heavy atom. The molecule has 0 unspecified atom stereocenters. The molecule has 0 radical (unpaired) electrons. The molecule has 0 bridgehead atoms. The highest BCUT2D eigenvalue weighted by Crippen LogP contribution is 2.33. The van der Waals surface area contributed by atoms with Crippen molar-refractivity contribution in [1.29, 1.82) is 0 Å². The number of benzene rings is 1.